The van der Waals surface area contributed by atoms with Crippen molar-refractivity contribution in [3.05, 3.63) is 34.9 Å². The van der Waals surface area contributed by atoms with E-state index < -0.39 is 0 Å². The van der Waals surface area contributed by atoms with E-state index in [1.807, 2.05) is 0 Å². The Labute approximate surface area is 83.6 Å². The lowest BCUT2D eigenvalue weighted by Gasteiger charge is -2.13. The molecule has 0 saturated carbocycles. The fourth-order valence-electron chi connectivity index (χ4n) is 1.74. The van der Waals surface area contributed by atoms with Crippen LogP contribution in [0.25, 0.3) is 0 Å². The van der Waals surface area contributed by atoms with Crippen molar-refractivity contribution < 1.29 is 4.74 Å². The zero-order valence-electron chi connectivity index (χ0n) is 8.45. The van der Waals surface area contributed by atoms with Gasteiger partial charge >= 0.3 is 0 Å². The maximum absolute atomic E-state index is 5.47. The molecule has 3 nitrogen and oxygen atoms in total. The second kappa shape index (κ2) is 3.33. The van der Waals surface area contributed by atoms with Gasteiger partial charge in [0.2, 0.25) is 0 Å². The standard InChI is InChI=1S/C11H14N2O/c1-7-3-4-9(8(2)5-7)10-6-13-11(12)14-10/h3-5,10H,6H2,1-2H3,(H2,12,13). The topological polar surface area (TPSA) is 47.6 Å². The van der Waals surface area contributed by atoms with Crippen molar-refractivity contribution in [1.82, 2.24) is 0 Å². The van der Waals surface area contributed by atoms with E-state index in [1.54, 1.807) is 0 Å². The number of ether oxygens (including phenoxy) is 1. The van der Waals surface area contributed by atoms with Gasteiger partial charge in [0.1, 0.15) is 6.10 Å². The minimum atomic E-state index is 0.00981. The van der Waals surface area contributed by atoms with E-state index in [1.165, 1.54) is 16.7 Å². The predicted octanol–water partition coefficient (Wildman–Crippen LogP) is 1.69. The normalized spacial score (nSPS) is 20.4. The summed E-state index contributed by atoms with van der Waals surface area (Å²) in [5, 5.41) is 0. The van der Waals surface area contributed by atoms with E-state index in [2.05, 4.69) is 37.0 Å². The average molecular weight is 190 g/mol. The lowest BCUT2D eigenvalue weighted by molar-refractivity contribution is 0.225. The third-order valence-electron chi connectivity index (χ3n) is 2.45. The van der Waals surface area contributed by atoms with E-state index in [4.69, 9.17) is 10.5 Å². The molecular formula is C11H14N2O. The SMILES string of the molecule is Cc1ccc(C2CN=C(N)O2)c(C)c1. The van der Waals surface area contributed by atoms with Crippen LogP contribution in [0.1, 0.15) is 22.8 Å². The zero-order valence-corrected chi connectivity index (χ0v) is 8.45. The third kappa shape index (κ3) is 1.58. The summed E-state index contributed by atoms with van der Waals surface area (Å²) in [6.07, 6.45) is 0.00981. The van der Waals surface area contributed by atoms with Crippen LogP contribution in [0.15, 0.2) is 23.2 Å². The second-order valence-electron chi connectivity index (χ2n) is 3.65. The summed E-state index contributed by atoms with van der Waals surface area (Å²) >= 11 is 0. The van der Waals surface area contributed by atoms with Gasteiger partial charge in [0, 0.05) is 0 Å². The number of nitrogens with two attached hydrogens (primary N) is 1. The highest BCUT2D eigenvalue weighted by Gasteiger charge is 2.20. The molecule has 1 atom stereocenters. The number of rotatable bonds is 1. The van der Waals surface area contributed by atoms with Crippen molar-refractivity contribution in [2.75, 3.05) is 6.54 Å². The Morgan fingerprint density at radius 3 is 2.79 bits per heavy atom. The smallest absolute Gasteiger partial charge is 0.282 e. The molecule has 1 aliphatic heterocycles. The van der Waals surface area contributed by atoms with Gasteiger partial charge < -0.3 is 10.5 Å². The number of aryl methyl sites for hydroxylation is 2. The molecule has 1 aromatic carbocycles. The molecule has 0 spiro atoms. The van der Waals surface area contributed by atoms with Crippen LogP contribution in [0, 0.1) is 13.8 Å². The molecule has 3 heteroatoms. The summed E-state index contributed by atoms with van der Waals surface area (Å²) in [6.45, 7) is 4.80. The lowest BCUT2D eigenvalue weighted by Crippen LogP contribution is -2.13. The first-order valence-electron chi connectivity index (χ1n) is 4.70. The number of nitrogens with zero attached hydrogens (tertiary/aromatic N) is 1. The fraction of sp³-hybridized carbons (Fsp3) is 0.364. The first kappa shape index (κ1) is 9.06. The van der Waals surface area contributed by atoms with E-state index >= 15 is 0 Å². The number of aliphatic imine (C=N–C) groups is 1. The highest BCUT2D eigenvalue weighted by molar-refractivity contribution is 5.73. The Kier molecular flexibility index (Phi) is 2.15. The van der Waals surface area contributed by atoms with Gasteiger partial charge in [-0.1, -0.05) is 23.8 Å². The molecule has 2 N–H and O–H groups in total. The van der Waals surface area contributed by atoms with Crippen molar-refractivity contribution in [2.45, 2.75) is 20.0 Å². The molecule has 14 heavy (non-hydrogen) atoms. The van der Waals surface area contributed by atoms with Crippen LogP contribution in [-0.4, -0.2) is 12.6 Å². The molecule has 0 aromatic heterocycles. The molecule has 1 unspecified atom stereocenters. The number of hydrogen-bond donors (Lipinski definition) is 1. The highest BCUT2D eigenvalue weighted by Crippen LogP contribution is 2.25. The van der Waals surface area contributed by atoms with Crippen LogP contribution in [0.5, 0.6) is 0 Å². The summed E-state index contributed by atoms with van der Waals surface area (Å²) in [4.78, 5) is 4.03. The quantitative estimate of drug-likeness (QED) is 0.732. The Hall–Kier alpha value is -1.51. The monoisotopic (exact) mass is 190 g/mol. The van der Waals surface area contributed by atoms with Crippen LogP contribution in [-0.2, 0) is 4.74 Å². The minimum Gasteiger partial charge on any atom is -0.455 e. The molecule has 1 aliphatic rings. The van der Waals surface area contributed by atoms with Gasteiger partial charge in [-0.15, -0.1) is 0 Å². The molecule has 0 fully saturated rings. The third-order valence-corrected chi connectivity index (χ3v) is 2.45. The summed E-state index contributed by atoms with van der Waals surface area (Å²) < 4.78 is 5.40. The molecule has 1 heterocycles. The molecule has 2 rings (SSSR count). The van der Waals surface area contributed by atoms with Crippen molar-refractivity contribution >= 4 is 6.02 Å². The van der Waals surface area contributed by atoms with Gasteiger partial charge in [0.15, 0.2) is 0 Å². The van der Waals surface area contributed by atoms with E-state index in [0.717, 1.165) is 0 Å². The Morgan fingerprint density at radius 1 is 1.43 bits per heavy atom. The van der Waals surface area contributed by atoms with E-state index in [-0.39, 0.29) is 6.10 Å². The first-order chi connectivity index (χ1) is 6.66. The Bertz CT molecular complexity index is 385. The zero-order chi connectivity index (χ0) is 10.1. The van der Waals surface area contributed by atoms with Gasteiger partial charge in [-0.2, -0.15) is 0 Å². The molecular weight excluding hydrogens is 176 g/mol. The van der Waals surface area contributed by atoms with Gasteiger partial charge in [0.25, 0.3) is 6.02 Å². The van der Waals surface area contributed by atoms with Gasteiger partial charge in [0.05, 0.1) is 6.54 Å². The largest absolute Gasteiger partial charge is 0.455 e. The summed E-state index contributed by atoms with van der Waals surface area (Å²) in [5.74, 6) is 0. The van der Waals surface area contributed by atoms with Crippen molar-refractivity contribution in [3.8, 4) is 0 Å². The van der Waals surface area contributed by atoms with Gasteiger partial charge in [-0.3, -0.25) is 0 Å². The number of amidine groups is 1. The lowest BCUT2D eigenvalue weighted by atomic mass is 10.0. The van der Waals surface area contributed by atoms with Crippen LogP contribution < -0.4 is 5.73 Å². The van der Waals surface area contributed by atoms with Crippen molar-refractivity contribution in [1.29, 1.82) is 0 Å². The van der Waals surface area contributed by atoms with Crippen molar-refractivity contribution in [3.63, 3.8) is 0 Å². The maximum atomic E-state index is 5.47. The maximum Gasteiger partial charge on any atom is 0.282 e. The molecule has 0 radical (unpaired) electrons. The van der Waals surface area contributed by atoms with E-state index in [9.17, 15) is 0 Å². The van der Waals surface area contributed by atoms with Gasteiger partial charge in [-0.05, 0) is 25.0 Å². The summed E-state index contributed by atoms with van der Waals surface area (Å²) in [7, 11) is 0. The summed E-state index contributed by atoms with van der Waals surface area (Å²) in [5.41, 5.74) is 9.15. The van der Waals surface area contributed by atoms with Crippen LogP contribution in [0.3, 0.4) is 0 Å². The molecule has 0 saturated heterocycles. The van der Waals surface area contributed by atoms with Gasteiger partial charge in [-0.25, -0.2) is 4.99 Å². The van der Waals surface area contributed by atoms with E-state index in [0.29, 0.717) is 12.6 Å². The molecule has 0 aliphatic carbocycles. The first-order valence-corrected chi connectivity index (χ1v) is 4.70. The number of benzene rings is 1. The molecule has 0 amide bonds. The molecule has 0 bridgehead atoms. The fourth-order valence-corrected chi connectivity index (χ4v) is 1.74. The summed E-state index contributed by atoms with van der Waals surface area (Å²) in [6, 6.07) is 6.62. The molecule has 74 valence electrons. The average Bonchev–Trinajstić information content (AvgIpc) is 2.51. The predicted molar refractivity (Wildman–Crippen MR) is 56.2 cm³/mol. The van der Waals surface area contributed by atoms with Crippen LogP contribution in [0.4, 0.5) is 0 Å². The minimum absolute atomic E-state index is 0.00981. The van der Waals surface area contributed by atoms with Crippen LogP contribution >= 0.6 is 0 Å². The number of hydrogen-bond acceptors (Lipinski definition) is 3. The van der Waals surface area contributed by atoms with Crippen molar-refractivity contribution in [2.24, 2.45) is 10.7 Å². The molecule has 1 aromatic rings. The Morgan fingerprint density at radius 2 is 2.21 bits per heavy atom. The second-order valence-corrected chi connectivity index (χ2v) is 3.65. The highest BCUT2D eigenvalue weighted by atomic mass is 16.5. The Balaban J connectivity index is 2.25. The van der Waals surface area contributed by atoms with Crippen LogP contribution in [0.2, 0.25) is 0 Å².